The molecule has 0 spiro atoms. The average Bonchev–Trinajstić information content (AvgIpc) is 2.64. The summed E-state index contributed by atoms with van der Waals surface area (Å²) in [5.41, 5.74) is -0.433. The second-order valence-electron chi connectivity index (χ2n) is 4.64. The summed E-state index contributed by atoms with van der Waals surface area (Å²) < 4.78 is 5.27. The standard InChI is InChI=1S/C12H19NO2/c1-10(8-11-4-2-7-15-11)13-9-12(14)5-3-6-12/h2,4,7,10,13-14H,3,5-6,8-9H2,1H3. The molecule has 2 rings (SSSR count). The summed E-state index contributed by atoms with van der Waals surface area (Å²) in [7, 11) is 0. The Labute approximate surface area is 90.5 Å². The van der Waals surface area contributed by atoms with E-state index in [1.54, 1.807) is 6.26 Å². The molecule has 1 aliphatic carbocycles. The van der Waals surface area contributed by atoms with Gasteiger partial charge >= 0.3 is 0 Å². The number of aliphatic hydroxyl groups is 1. The van der Waals surface area contributed by atoms with Crippen LogP contribution in [0.5, 0.6) is 0 Å². The minimum atomic E-state index is -0.433. The van der Waals surface area contributed by atoms with Crippen molar-refractivity contribution in [1.82, 2.24) is 5.32 Å². The highest BCUT2D eigenvalue weighted by Gasteiger charge is 2.34. The molecule has 2 N–H and O–H groups in total. The lowest BCUT2D eigenvalue weighted by Crippen LogP contribution is -2.48. The Hall–Kier alpha value is -0.800. The molecule has 0 aliphatic heterocycles. The molecule has 3 nitrogen and oxygen atoms in total. The highest BCUT2D eigenvalue weighted by atomic mass is 16.3. The number of furan rings is 1. The minimum absolute atomic E-state index is 0.348. The molecule has 1 aromatic rings. The lowest BCUT2D eigenvalue weighted by Gasteiger charge is -2.37. The molecule has 84 valence electrons. The van der Waals surface area contributed by atoms with Crippen LogP contribution in [0.3, 0.4) is 0 Å². The van der Waals surface area contributed by atoms with E-state index in [0.717, 1.165) is 31.4 Å². The predicted octanol–water partition coefficient (Wildman–Crippen LogP) is 1.72. The van der Waals surface area contributed by atoms with Crippen molar-refractivity contribution in [3.63, 3.8) is 0 Å². The van der Waals surface area contributed by atoms with Crippen LogP contribution in [-0.2, 0) is 6.42 Å². The van der Waals surface area contributed by atoms with Crippen LogP contribution in [0.15, 0.2) is 22.8 Å². The van der Waals surface area contributed by atoms with E-state index in [1.807, 2.05) is 12.1 Å². The van der Waals surface area contributed by atoms with Crippen LogP contribution in [-0.4, -0.2) is 23.3 Å². The van der Waals surface area contributed by atoms with E-state index in [-0.39, 0.29) is 0 Å². The van der Waals surface area contributed by atoms with Crippen molar-refractivity contribution in [2.75, 3.05) is 6.54 Å². The Kier molecular flexibility index (Phi) is 3.12. The smallest absolute Gasteiger partial charge is 0.105 e. The second kappa shape index (κ2) is 4.37. The molecule has 1 unspecified atom stereocenters. The quantitative estimate of drug-likeness (QED) is 0.776. The Balaban J connectivity index is 1.70. The van der Waals surface area contributed by atoms with Crippen LogP contribution in [0.4, 0.5) is 0 Å². The van der Waals surface area contributed by atoms with Gasteiger partial charge in [0.1, 0.15) is 5.76 Å². The van der Waals surface area contributed by atoms with E-state index in [0.29, 0.717) is 12.6 Å². The maximum Gasteiger partial charge on any atom is 0.105 e. The van der Waals surface area contributed by atoms with Gasteiger partial charge in [-0.2, -0.15) is 0 Å². The topological polar surface area (TPSA) is 45.4 Å². The van der Waals surface area contributed by atoms with Gasteiger partial charge in [-0.3, -0.25) is 0 Å². The van der Waals surface area contributed by atoms with Gasteiger partial charge in [0.25, 0.3) is 0 Å². The van der Waals surface area contributed by atoms with Crippen molar-refractivity contribution in [3.05, 3.63) is 24.2 Å². The van der Waals surface area contributed by atoms with Gasteiger partial charge in [0.05, 0.1) is 11.9 Å². The fourth-order valence-corrected chi connectivity index (χ4v) is 1.93. The van der Waals surface area contributed by atoms with Crippen molar-refractivity contribution in [1.29, 1.82) is 0 Å². The summed E-state index contributed by atoms with van der Waals surface area (Å²) in [5, 5.41) is 13.3. The van der Waals surface area contributed by atoms with Crippen LogP contribution < -0.4 is 5.32 Å². The number of hydrogen-bond acceptors (Lipinski definition) is 3. The van der Waals surface area contributed by atoms with Gasteiger partial charge in [0, 0.05) is 19.0 Å². The maximum atomic E-state index is 9.90. The molecule has 0 aromatic carbocycles. The van der Waals surface area contributed by atoms with Gasteiger partial charge < -0.3 is 14.8 Å². The highest BCUT2D eigenvalue weighted by Crippen LogP contribution is 2.30. The highest BCUT2D eigenvalue weighted by molar-refractivity contribution is 5.00. The van der Waals surface area contributed by atoms with Crippen LogP contribution >= 0.6 is 0 Å². The Bertz CT molecular complexity index is 291. The van der Waals surface area contributed by atoms with Gasteiger partial charge in [0.2, 0.25) is 0 Å². The number of nitrogens with one attached hydrogen (secondary N) is 1. The van der Waals surface area contributed by atoms with E-state index >= 15 is 0 Å². The molecule has 1 atom stereocenters. The van der Waals surface area contributed by atoms with Crippen molar-refractivity contribution < 1.29 is 9.52 Å². The molecule has 1 aromatic heterocycles. The first-order valence-corrected chi connectivity index (χ1v) is 5.66. The predicted molar refractivity (Wildman–Crippen MR) is 58.7 cm³/mol. The first kappa shape index (κ1) is 10.7. The molecule has 0 amide bonds. The third-order valence-corrected chi connectivity index (χ3v) is 3.15. The third kappa shape index (κ3) is 2.83. The van der Waals surface area contributed by atoms with Gasteiger partial charge in [-0.05, 0) is 38.3 Å². The zero-order valence-electron chi connectivity index (χ0n) is 9.20. The summed E-state index contributed by atoms with van der Waals surface area (Å²) in [6.45, 7) is 2.82. The number of rotatable bonds is 5. The fourth-order valence-electron chi connectivity index (χ4n) is 1.93. The molecule has 15 heavy (non-hydrogen) atoms. The third-order valence-electron chi connectivity index (χ3n) is 3.15. The van der Waals surface area contributed by atoms with Crippen molar-refractivity contribution in [2.24, 2.45) is 0 Å². The lowest BCUT2D eigenvalue weighted by atomic mass is 9.80. The van der Waals surface area contributed by atoms with Gasteiger partial charge in [-0.15, -0.1) is 0 Å². The summed E-state index contributed by atoms with van der Waals surface area (Å²) in [6.07, 6.45) is 5.61. The zero-order valence-corrected chi connectivity index (χ0v) is 9.20. The molecular weight excluding hydrogens is 190 g/mol. The Morgan fingerprint density at radius 3 is 2.93 bits per heavy atom. The Morgan fingerprint density at radius 1 is 1.60 bits per heavy atom. The van der Waals surface area contributed by atoms with E-state index in [2.05, 4.69) is 12.2 Å². The van der Waals surface area contributed by atoms with Crippen molar-refractivity contribution >= 4 is 0 Å². The summed E-state index contributed by atoms with van der Waals surface area (Å²) in [6, 6.07) is 4.23. The summed E-state index contributed by atoms with van der Waals surface area (Å²) >= 11 is 0. The van der Waals surface area contributed by atoms with Gasteiger partial charge in [0.15, 0.2) is 0 Å². The minimum Gasteiger partial charge on any atom is -0.469 e. The van der Waals surface area contributed by atoms with E-state index in [4.69, 9.17) is 4.42 Å². The zero-order chi connectivity index (χ0) is 10.7. The molecule has 1 saturated carbocycles. The SMILES string of the molecule is CC(Cc1ccco1)NCC1(O)CCC1. The summed E-state index contributed by atoms with van der Waals surface area (Å²) in [4.78, 5) is 0. The lowest BCUT2D eigenvalue weighted by molar-refractivity contribution is -0.0329. The van der Waals surface area contributed by atoms with Crippen LogP contribution in [0, 0.1) is 0 Å². The van der Waals surface area contributed by atoms with E-state index < -0.39 is 5.60 Å². The molecule has 1 fully saturated rings. The molecule has 0 radical (unpaired) electrons. The van der Waals surface area contributed by atoms with Crippen LogP contribution in [0.2, 0.25) is 0 Å². The first-order chi connectivity index (χ1) is 7.18. The molecular formula is C12H19NO2. The molecule has 3 heteroatoms. The molecule has 0 saturated heterocycles. The van der Waals surface area contributed by atoms with E-state index in [9.17, 15) is 5.11 Å². The van der Waals surface area contributed by atoms with Crippen molar-refractivity contribution in [2.45, 2.75) is 44.2 Å². The normalized spacial score (nSPS) is 20.9. The van der Waals surface area contributed by atoms with Gasteiger partial charge in [-0.1, -0.05) is 0 Å². The maximum absolute atomic E-state index is 9.90. The monoisotopic (exact) mass is 209 g/mol. The molecule has 1 heterocycles. The van der Waals surface area contributed by atoms with Crippen LogP contribution in [0.1, 0.15) is 31.9 Å². The van der Waals surface area contributed by atoms with Crippen LogP contribution in [0.25, 0.3) is 0 Å². The second-order valence-corrected chi connectivity index (χ2v) is 4.64. The van der Waals surface area contributed by atoms with E-state index in [1.165, 1.54) is 0 Å². The largest absolute Gasteiger partial charge is 0.469 e. The first-order valence-electron chi connectivity index (χ1n) is 5.66. The Morgan fingerprint density at radius 2 is 2.40 bits per heavy atom. The average molecular weight is 209 g/mol. The van der Waals surface area contributed by atoms with Gasteiger partial charge in [-0.25, -0.2) is 0 Å². The van der Waals surface area contributed by atoms with Crippen molar-refractivity contribution in [3.8, 4) is 0 Å². The molecule has 0 bridgehead atoms. The number of hydrogen-bond donors (Lipinski definition) is 2. The fraction of sp³-hybridized carbons (Fsp3) is 0.667. The molecule has 1 aliphatic rings. The summed E-state index contributed by atoms with van der Waals surface area (Å²) in [5.74, 6) is 0.996.